The van der Waals surface area contributed by atoms with Gasteiger partial charge < -0.3 is 14.4 Å². The van der Waals surface area contributed by atoms with Gasteiger partial charge in [0.15, 0.2) is 0 Å². The maximum atomic E-state index is 13.0. The number of aromatic nitrogens is 2. The van der Waals surface area contributed by atoms with Gasteiger partial charge >= 0.3 is 12.1 Å². The number of rotatable bonds is 5. The topological polar surface area (TPSA) is 103 Å². The summed E-state index contributed by atoms with van der Waals surface area (Å²) in [5.41, 5.74) is 1.11. The van der Waals surface area contributed by atoms with Crippen molar-refractivity contribution < 1.29 is 37.1 Å². The number of aliphatic carboxylic acids is 1. The zero-order valence-electron chi connectivity index (χ0n) is 15.8. The fraction of sp³-hybridized carbons (Fsp3) is 0.579. The van der Waals surface area contributed by atoms with Crippen LogP contribution in [0, 0.1) is 11.8 Å². The van der Waals surface area contributed by atoms with E-state index in [0.717, 1.165) is 23.3 Å². The van der Waals surface area contributed by atoms with Crippen molar-refractivity contribution >= 4 is 23.1 Å². The van der Waals surface area contributed by atoms with Crippen molar-refractivity contribution in [3.8, 4) is 11.5 Å². The number of halogens is 3. The van der Waals surface area contributed by atoms with Crippen molar-refractivity contribution in [3.63, 3.8) is 0 Å². The van der Waals surface area contributed by atoms with Crippen LogP contribution in [0.2, 0.25) is 0 Å². The second kappa shape index (κ2) is 8.10. The number of Topliss-reactive ketones (excluding diaryl/α,β-unsaturated/α-hetero) is 1. The number of ketones is 1. The highest BCUT2D eigenvalue weighted by molar-refractivity contribution is 7.12. The minimum absolute atomic E-state index is 0.0782. The standard InChI is InChI=1S/C19H19F3N2O5S/c20-19(21,22)18-23-16(29-24-18)15-11-5-6-28-8-14(11)30-13(15)7-12(25)9-3-1-2-4-10(9)17(26)27/h9-10H,1-8H2,(H,26,27)/t9-,10+/m0/s1. The van der Waals surface area contributed by atoms with E-state index in [1.54, 1.807) is 0 Å². The van der Waals surface area contributed by atoms with Crippen LogP contribution in [0.25, 0.3) is 11.5 Å². The van der Waals surface area contributed by atoms with Crippen molar-refractivity contribution in [1.29, 1.82) is 0 Å². The molecule has 1 aliphatic heterocycles. The monoisotopic (exact) mass is 444 g/mol. The Labute approximate surface area is 173 Å². The molecule has 11 heteroatoms. The Morgan fingerprint density at radius 2 is 1.93 bits per heavy atom. The lowest BCUT2D eigenvalue weighted by atomic mass is 9.76. The summed E-state index contributed by atoms with van der Waals surface area (Å²) >= 11 is 1.27. The molecule has 0 saturated heterocycles. The first-order valence-corrected chi connectivity index (χ1v) is 10.4. The highest BCUT2D eigenvalue weighted by Gasteiger charge is 2.39. The SMILES string of the molecule is O=C(Cc1sc2c(c1-c1nc(C(F)(F)F)no1)CCOC2)[C@H]1CCCC[C@H]1C(=O)O. The number of fused-ring (bicyclic) bond motifs is 1. The Kier molecular flexibility index (Phi) is 5.67. The zero-order chi connectivity index (χ0) is 21.5. The molecule has 0 radical (unpaired) electrons. The number of carbonyl (C=O) groups excluding carboxylic acids is 1. The molecule has 2 aromatic heterocycles. The summed E-state index contributed by atoms with van der Waals surface area (Å²) in [6.07, 6.45) is -1.87. The van der Waals surface area contributed by atoms with Gasteiger partial charge in [-0.15, -0.1) is 11.3 Å². The Morgan fingerprint density at radius 1 is 1.20 bits per heavy atom. The van der Waals surface area contributed by atoms with Crippen LogP contribution in [-0.2, 0) is 40.0 Å². The summed E-state index contributed by atoms with van der Waals surface area (Å²) in [4.78, 5) is 29.4. The quantitative estimate of drug-likeness (QED) is 0.746. The van der Waals surface area contributed by atoms with Crippen molar-refractivity contribution in [2.75, 3.05) is 6.61 Å². The van der Waals surface area contributed by atoms with Gasteiger partial charge in [0.2, 0.25) is 0 Å². The summed E-state index contributed by atoms with van der Waals surface area (Å²) in [5, 5.41) is 12.5. The van der Waals surface area contributed by atoms with Gasteiger partial charge in [-0.2, -0.15) is 18.2 Å². The molecule has 1 aliphatic carbocycles. The molecular formula is C19H19F3N2O5S. The summed E-state index contributed by atoms with van der Waals surface area (Å²) in [6.45, 7) is 0.691. The number of carbonyl (C=O) groups is 2. The Balaban J connectivity index is 1.68. The minimum Gasteiger partial charge on any atom is -0.481 e. The molecular weight excluding hydrogens is 425 g/mol. The highest BCUT2D eigenvalue weighted by atomic mass is 32.1. The first-order valence-electron chi connectivity index (χ1n) is 9.63. The van der Waals surface area contributed by atoms with Gasteiger partial charge in [0, 0.05) is 22.1 Å². The number of nitrogens with zero attached hydrogens (tertiary/aromatic N) is 2. The number of thiophene rings is 1. The smallest absolute Gasteiger partial charge is 0.455 e. The summed E-state index contributed by atoms with van der Waals surface area (Å²) in [6, 6.07) is 0. The molecule has 0 unspecified atom stereocenters. The maximum absolute atomic E-state index is 13.0. The lowest BCUT2D eigenvalue weighted by Crippen LogP contribution is -2.33. The van der Waals surface area contributed by atoms with Crippen LogP contribution in [0.3, 0.4) is 0 Å². The molecule has 1 saturated carbocycles. The second-order valence-electron chi connectivity index (χ2n) is 7.50. The van der Waals surface area contributed by atoms with Crippen molar-refractivity contribution in [1.82, 2.24) is 10.1 Å². The normalized spacial score (nSPS) is 22.0. The molecule has 0 bridgehead atoms. The summed E-state index contributed by atoms with van der Waals surface area (Å²) in [7, 11) is 0. The molecule has 0 amide bonds. The second-order valence-corrected chi connectivity index (χ2v) is 8.69. The van der Waals surface area contributed by atoms with E-state index in [4.69, 9.17) is 9.26 Å². The fourth-order valence-corrected chi connectivity index (χ4v) is 5.50. The van der Waals surface area contributed by atoms with E-state index in [9.17, 15) is 27.9 Å². The van der Waals surface area contributed by atoms with Gasteiger partial charge in [0.25, 0.3) is 11.7 Å². The summed E-state index contributed by atoms with van der Waals surface area (Å²) in [5.74, 6) is -4.19. The third-order valence-electron chi connectivity index (χ3n) is 5.62. The number of alkyl halides is 3. The van der Waals surface area contributed by atoms with Gasteiger partial charge in [-0.3, -0.25) is 9.59 Å². The van der Waals surface area contributed by atoms with Crippen LogP contribution in [0.1, 0.15) is 46.8 Å². The molecule has 1 fully saturated rings. The molecule has 3 heterocycles. The van der Waals surface area contributed by atoms with Gasteiger partial charge in [-0.1, -0.05) is 18.0 Å². The zero-order valence-corrected chi connectivity index (χ0v) is 16.6. The van der Waals surface area contributed by atoms with Crippen LogP contribution < -0.4 is 0 Å². The molecule has 0 aromatic carbocycles. The molecule has 1 N–H and O–H groups in total. The lowest BCUT2D eigenvalue weighted by Gasteiger charge is -2.27. The van der Waals surface area contributed by atoms with Crippen molar-refractivity contribution in [2.45, 2.75) is 51.3 Å². The molecule has 2 aliphatic rings. The van der Waals surface area contributed by atoms with E-state index >= 15 is 0 Å². The number of hydrogen-bond donors (Lipinski definition) is 1. The molecule has 2 aromatic rings. The lowest BCUT2D eigenvalue weighted by molar-refractivity contribution is -0.148. The third kappa shape index (κ3) is 4.00. The van der Waals surface area contributed by atoms with Gasteiger partial charge in [0.05, 0.1) is 24.7 Å². The Bertz CT molecular complexity index is 968. The van der Waals surface area contributed by atoms with E-state index < -0.39 is 29.8 Å². The third-order valence-corrected chi connectivity index (χ3v) is 6.82. The average molecular weight is 444 g/mol. The van der Waals surface area contributed by atoms with Crippen LogP contribution >= 0.6 is 11.3 Å². The van der Waals surface area contributed by atoms with Gasteiger partial charge in [-0.25, -0.2) is 0 Å². The molecule has 162 valence electrons. The van der Waals surface area contributed by atoms with Gasteiger partial charge in [-0.05, 0) is 24.8 Å². The fourth-order valence-electron chi connectivity index (χ4n) is 4.20. The van der Waals surface area contributed by atoms with E-state index in [-0.39, 0.29) is 18.1 Å². The van der Waals surface area contributed by atoms with E-state index in [1.807, 2.05) is 0 Å². The predicted octanol–water partition coefficient (Wildman–Crippen LogP) is 3.89. The molecule has 30 heavy (non-hydrogen) atoms. The predicted molar refractivity (Wildman–Crippen MR) is 97.8 cm³/mol. The van der Waals surface area contributed by atoms with Gasteiger partial charge in [0.1, 0.15) is 5.78 Å². The van der Waals surface area contributed by atoms with Crippen molar-refractivity contribution in [3.05, 3.63) is 21.1 Å². The summed E-state index contributed by atoms with van der Waals surface area (Å²) < 4.78 is 49.2. The molecule has 4 rings (SSSR count). The van der Waals surface area contributed by atoms with Crippen LogP contribution in [-0.4, -0.2) is 33.6 Å². The van der Waals surface area contributed by atoms with Crippen molar-refractivity contribution in [2.24, 2.45) is 11.8 Å². The number of ether oxygens (including phenoxy) is 1. The Hall–Kier alpha value is -2.27. The van der Waals surface area contributed by atoms with Crippen LogP contribution in [0.15, 0.2) is 4.52 Å². The van der Waals surface area contributed by atoms with E-state index in [2.05, 4.69) is 10.1 Å². The van der Waals surface area contributed by atoms with Crippen LogP contribution in [0.4, 0.5) is 13.2 Å². The first kappa shape index (κ1) is 21.0. The van der Waals surface area contributed by atoms with E-state index in [1.165, 1.54) is 11.3 Å². The van der Waals surface area contributed by atoms with E-state index in [0.29, 0.717) is 42.9 Å². The minimum atomic E-state index is -4.74. The first-order chi connectivity index (χ1) is 14.3. The highest BCUT2D eigenvalue weighted by Crippen LogP contribution is 2.41. The molecule has 0 spiro atoms. The number of carboxylic acids is 1. The largest absolute Gasteiger partial charge is 0.481 e. The average Bonchev–Trinajstić information content (AvgIpc) is 3.32. The van der Waals surface area contributed by atoms with Crippen LogP contribution in [0.5, 0.6) is 0 Å². The number of hydrogen-bond acceptors (Lipinski definition) is 7. The maximum Gasteiger partial charge on any atom is 0.455 e. The Morgan fingerprint density at radius 3 is 2.60 bits per heavy atom. The molecule has 7 nitrogen and oxygen atoms in total. The molecule has 2 atom stereocenters. The number of carboxylic acid groups (broad SMARTS) is 1.